The van der Waals surface area contributed by atoms with Gasteiger partial charge in [-0.15, -0.1) is 0 Å². The molecule has 1 aliphatic carbocycles. The smallest absolute Gasteiger partial charge is 0.167 e. The molecule has 0 amide bonds. The summed E-state index contributed by atoms with van der Waals surface area (Å²) < 4.78 is 12.4. The van der Waals surface area contributed by atoms with E-state index in [1.807, 2.05) is 0 Å². The summed E-state index contributed by atoms with van der Waals surface area (Å²) in [5, 5.41) is 10.3. The van der Waals surface area contributed by atoms with E-state index in [4.69, 9.17) is 9.47 Å². The highest BCUT2D eigenvalue weighted by molar-refractivity contribution is 6.00. The number of rotatable bonds is 1. The van der Waals surface area contributed by atoms with E-state index in [2.05, 4.69) is 20.8 Å². The van der Waals surface area contributed by atoms with Gasteiger partial charge in [0.15, 0.2) is 5.78 Å². The summed E-state index contributed by atoms with van der Waals surface area (Å²) >= 11 is 0. The van der Waals surface area contributed by atoms with E-state index in [9.17, 15) is 9.90 Å². The van der Waals surface area contributed by atoms with Crippen LogP contribution in [-0.2, 0) is 0 Å². The number of hydrogen-bond acceptors (Lipinski definition) is 4. The molecule has 4 nitrogen and oxygen atoms in total. The summed E-state index contributed by atoms with van der Waals surface area (Å²) in [5.41, 5.74) is 0.766. The molecule has 0 unspecified atom stereocenters. The molecule has 2 aliphatic heterocycles. The lowest BCUT2D eigenvalue weighted by Crippen LogP contribution is -2.54. The molecule has 3 atom stereocenters. The lowest BCUT2D eigenvalue weighted by Gasteiger charge is -2.55. The van der Waals surface area contributed by atoms with Gasteiger partial charge in [-0.05, 0) is 47.0 Å². The minimum absolute atomic E-state index is 0.0425. The quantitative estimate of drug-likeness (QED) is 0.802. The third-order valence-electron chi connectivity index (χ3n) is 5.72. The van der Waals surface area contributed by atoms with Crippen molar-refractivity contribution in [3.63, 3.8) is 0 Å². The van der Waals surface area contributed by atoms with Gasteiger partial charge in [0.2, 0.25) is 0 Å². The van der Waals surface area contributed by atoms with Gasteiger partial charge >= 0.3 is 0 Å². The lowest BCUT2D eigenvalue weighted by atomic mass is 9.61. The predicted molar refractivity (Wildman–Crippen MR) is 81.9 cm³/mol. The summed E-state index contributed by atoms with van der Waals surface area (Å²) in [6.07, 6.45) is 3.00. The van der Waals surface area contributed by atoms with Crippen molar-refractivity contribution >= 4 is 5.78 Å². The fourth-order valence-electron chi connectivity index (χ4n) is 4.72. The number of Topliss-reactive ketones (excluding diaryl/α,β-unsaturated/α-hetero) is 1. The van der Waals surface area contributed by atoms with Crippen molar-refractivity contribution in [1.29, 1.82) is 0 Å². The number of carbonyl (C=O) groups excluding carboxylic acids is 1. The number of ketones is 1. The van der Waals surface area contributed by atoms with Crippen molar-refractivity contribution in [2.75, 3.05) is 0 Å². The Kier molecular flexibility index (Phi) is 2.52. The number of phenolic OH excluding ortho intramolecular Hbond substituents is 1. The maximum Gasteiger partial charge on any atom is 0.167 e. The van der Waals surface area contributed by atoms with Crippen molar-refractivity contribution in [2.45, 2.75) is 64.1 Å². The Bertz CT molecular complexity index is 691. The molecular formula is C18H22O4. The van der Waals surface area contributed by atoms with Gasteiger partial charge in [0.1, 0.15) is 34.0 Å². The van der Waals surface area contributed by atoms with Gasteiger partial charge in [0.25, 0.3) is 0 Å². The number of hydrogen-bond donors (Lipinski definition) is 1. The largest absolute Gasteiger partial charge is 0.507 e. The number of fused-ring (bicyclic) bond motifs is 1. The van der Waals surface area contributed by atoms with Crippen molar-refractivity contribution in [1.82, 2.24) is 0 Å². The monoisotopic (exact) mass is 302 g/mol. The van der Waals surface area contributed by atoms with Crippen molar-refractivity contribution in [2.24, 2.45) is 5.92 Å². The van der Waals surface area contributed by atoms with Crippen LogP contribution in [0.4, 0.5) is 0 Å². The zero-order valence-corrected chi connectivity index (χ0v) is 13.5. The van der Waals surface area contributed by atoms with Gasteiger partial charge in [-0.2, -0.15) is 0 Å². The average Bonchev–Trinajstić information content (AvgIpc) is 2.34. The normalized spacial score (nSPS) is 33.6. The summed E-state index contributed by atoms with van der Waals surface area (Å²) in [7, 11) is 0. The van der Waals surface area contributed by atoms with Gasteiger partial charge in [-0.25, -0.2) is 0 Å². The van der Waals surface area contributed by atoms with Crippen LogP contribution in [0.15, 0.2) is 6.07 Å². The summed E-state index contributed by atoms with van der Waals surface area (Å²) in [5.74, 6) is 1.77. The Morgan fingerprint density at radius 1 is 1.32 bits per heavy atom. The first-order chi connectivity index (χ1) is 10.2. The van der Waals surface area contributed by atoms with Crippen LogP contribution in [0, 0.1) is 5.92 Å². The van der Waals surface area contributed by atoms with Crippen LogP contribution in [-0.4, -0.2) is 22.1 Å². The number of aromatic hydroxyl groups is 1. The Hall–Kier alpha value is -1.71. The van der Waals surface area contributed by atoms with E-state index in [1.54, 1.807) is 6.07 Å². The highest BCUT2D eigenvalue weighted by Crippen LogP contribution is 2.61. The first kappa shape index (κ1) is 13.9. The van der Waals surface area contributed by atoms with Crippen molar-refractivity contribution < 1.29 is 19.4 Å². The second-order valence-electron chi connectivity index (χ2n) is 7.78. The maximum absolute atomic E-state index is 12.0. The van der Waals surface area contributed by atoms with E-state index in [0.29, 0.717) is 28.9 Å². The van der Waals surface area contributed by atoms with Crippen LogP contribution in [0.2, 0.25) is 0 Å². The van der Waals surface area contributed by atoms with Crippen LogP contribution in [0.25, 0.3) is 0 Å². The van der Waals surface area contributed by atoms with Crippen LogP contribution in [0.1, 0.15) is 68.8 Å². The molecule has 1 aromatic carbocycles. The minimum Gasteiger partial charge on any atom is -0.507 e. The molecule has 1 N–H and O–H groups in total. The first-order valence-electron chi connectivity index (χ1n) is 8.01. The molecule has 22 heavy (non-hydrogen) atoms. The maximum atomic E-state index is 12.0. The van der Waals surface area contributed by atoms with Crippen LogP contribution in [0.5, 0.6) is 17.2 Å². The Balaban J connectivity index is 2.03. The fourth-order valence-corrected chi connectivity index (χ4v) is 4.72. The third-order valence-corrected chi connectivity index (χ3v) is 5.72. The zero-order chi connectivity index (χ0) is 15.9. The topological polar surface area (TPSA) is 55.8 Å². The van der Waals surface area contributed by atoms with Gasteiger partial charge in [-0.1, -0.05) is 0 Å². The molecule has 0 aromatic heterocycles. The molecule has 4 rings (SSSR count). The van der Waals surface area contributed by atoms with E-state index >= 15 is 0 Å². The van der Waals surface area contributed by atoms with Crippen LogP contribution < -0.4 is 9.47 Å². The molecule has 2 heterocycles. The van der Waals surface area contributed by atoms with Gasteiger partial charge < -0.3 is 14.6 Å². The molecule has 1 fully saturated rings. The first-order valence-corrected chi connectivity index (χ1v) is 8.01. The third kappa shape index (κ3) is 1.67. The fraction of sp³-hybridized carbons (Fsp3) is 0.611. The van der Waals surface area contributed by atoms with E-state index in [1.165, 1.54) is 6.92 Å². The predicted octanol–water partition coefficient (Wildman–Crippen LogP) is 3.80. The van der Waals surface area contributed by atoms with E-state index in [-0.39, 0.29) is 22.7 Å². The summed E-state index contributed by atoms with van der Waals surface area (Å²) in [6, 6.07) is 1.60. The van der Waals surface area contributed by atoms with E-state index in [0.717, 1.165) is 24.8 Å². The van der Waals surface area contributed by atoms with Gasteiger partial charge in [0, 0.05) is 23.5 Å². The number of benzene rings is 1. The zero-order valence-electron chi connectivity index (χ0n) is 13.5. The van der Waals surface area contributed by atoms with Crippen LogP contribution >= 0.6 is 0 Å². The molecule has 4 heteroatoms. The lowest BCUT2D eigenvalue weighted by molar-refractivity contribution is -0.0731. The Labute approximate surface area is 130 Å². The summed E-state index contributed by atoms with van der Waals surface area (Å²) in [4.78, 5) is 12.0. The highest BCUT2D eigenvalue weighted by atomic mass is 16.5. The number of phenols is 1. The average molecular weight is 302 g/mol. The summed E-state index contributed by atoms with van der Waals surface area (Å²) in [6.45, 7) is 7.79. The SMILES string of the molecule is CC(=O)c1c(O)cc2c3c1OC(C)(C)[C@@H]1CC[C@@](C)(C[C@H]31)O2. The van der Waals surface area contributed by atoms with Gasteiger partial charge in [0.05, 0.1) is 0 Å². The second-order valence-corrected chi connectivity index (χ2v) is 7.78. The molecule has 1 aromatic rings. The molecule has 1 saturated carbocycles. The Morgan fingerprint density at radius 3 is 2.73 bits per heavy atom. The van der Waals surface area contributed by atoms with Crippen molar-refractivity contribution in [3.05, 3.63) is 17.2 Å². The Morgan fingerprint density at radius 2 is 2.05 bits per heavy atom. The molecule has 0 saturated heterocycles. The van der Waals surface area contributed by atoms with Crippen LogP contribution in [0.3, 0.4) is 0 Å². The molecular weight excluding hydrogens is 280 g/mol. The molecule has 0 spiro atoms. The van der Waals surface area contributed by atoms with E-state index < -0.39 is 0 Å². The highest BCUT2D eigenvalue weighted by Gasteiger charge is 2.55. The van der Waals surface area contributed by atoms with Crippen molar-refractivity contribution in [3.8, 4) is 17.2 Å². The molecule has 3 aliphatic rings. The van der Waals surface area contributed by atoms with Gasteiger partial charge in [-0.3, -0.25) is 4.79 Å². The number of ether oxygens (including phenoxy) is 2. The molecule has 118 valence electrons. The molecule has 2 bridgehead atoms. The number of carbonyl (C=O) groups is 1. The second kappa shape index (κ2) is 3.98. The molecule has 0 radical (unpaired) electrons. The standard InChI is InChI=1S/C18H22O4/c1-9(19)14-12(20)7-13-15-10-8-18(4,21-13)6-5-11(10)17(2,3)22-16(14)15/h7,10-11,20H,5-6,8H2,1-4H3/t10-,11+,18-/m0/s1. The minimum atomic E-state index is -0.342.